The lowest BCUT2D eigenvalue weighted by molar-refractivity contribution is -0.163. The number of aromatic nitrogens is 2. The summed E-state index contributed by atoms with van der Waals surface area (Å²) in [5.74, 6) is 0.500. The van der Waals surface area contributed by atoms with Gasteiger partial charge in [0.2, 0.25) is 5.91 Å². The van der Waals surface area contributed by atoms with Crippen LogP contribution in [0.2, 0.25) is 0 Å². The van der Waals surface area contributed by atoms with Crippen molar-refractivity contribution in [2.24, 2.45) is 29.4 Å². The molecule has 3 aromatic rings. The maximum Gasteiger partial charge on any atom is 0.330 e. The summed E-state index contributed by atoms with van der Waals surface area (Å²) in [5.41, 5.74) is 8.19. The number of carbonyl (C=O) groups is 3. The van der Waals surface area contributed by atoms with E-state index in [4.69, 9.17) is 29.8 Å². The zero-order valence-corrected chi connectivity index (χ0v) is 36.0. The van der Waals surface area contributed by atoms with E-state index in [0.29, 0.717) is 67.5 Å². The van der Waals surface area contributed by atoms with E-state index in [2.05, 4.69) is 47.8 Å². The molecular formula is C45H65N7O8. The normalized spacial score (nSPS) is 21.7. The summed E-state index contributed by atoms with van der Waals surface area (Å²) < 4.78 is 24.0. The van der Waals surface area contributed by atoms with Gasteiger partial charge >= 0.3 is 5.97 Å². The fourth-order valence-electron chi connectivity index (χ4n) is 9.85. The highest BCUT2D eigenvalue weighted by atomic mass is 16.5. The van der Waals surface area contributed by atoms with Crippen LogP contribution >= 0.6 is 0 Å². The van der Waals surface area contributed by atoms with Crippen LogP contribution in [0.1, 0.15) is 80.8 Å². The van der Waals surface area contributed by atoms with Crippen molar-refractivity contribution in [3.05, 3.63) is 53.7 Å². The van der Waals surface area contributed by atoms with Gasteiger partial charge in [0.15, 0.2) is 5.69 Å². The number of benzene rings is 2. The number of methoxy groups -OCH3 is 2. The molecule has 2 amide bonds. The zero-order chi connectivity index (χ0) is 42.8. The van der Waals surface area contributed by atoms with Gasteiger partial charge in [0.1, 0.15) is 23.6 Å². The van der Waals surface area contributed by atoms with Crippen molar-refractivity contribution in [3.63, 3.8) is 0 Å². The summed E-state index contributed by atoms with van der Waals surface area (Å²) in [7, 11) is 5.26. The van der Waals surface area contributed by atoms with Crippen molar-refractivity contribution < 1.29 is 38.4 Å². The molecule has 0 unspecified atom stereocenters. The van der Waals surface area contributed by atoms with Crippen molar-refractivity contribution in [2.45, 2.75) is 70.3 Å². The number of carboxylic acids is 1. The molecule has 4 fully saturated rings. The number of ether oxygens (including phenoxy) is 4. The first kappa shape index (κ1) is 44.8. The summed E-state index contributed by atoms with van der Waals surface area (Å²) in [4.78, 5) is 41.8. The quantitative estimate of drug-likeness (QED) is 0.0768. The molecule has 0 radical (unpaired) electrons. The average molecular weight is 832 g/mol. The van der Waals surface area contributed by atoms with Gasteiger partial charge in [0, 0.05) is 25.3 Å². The number of rotatable bonds is 24. The number of hydrogen-bond donors (Lipinski definition) is 5. The molecule has 0 spiro atoms. The molecule has 4 aliphatic carbocycles. The minimum absolute atomic E-state index is 0.0151. The lowest BCUT2D eigenvalue weighted by atomic mass is 9.48. The first-order valence-electron chi connectivity index (χ1n) is 21.5. The molecule has 6 N–H and O–H groups in total. The SMILES string of the molecule is COc1cccc(OC)c1-c1cc(C(=O)NC2(C(=O)O)C3CC4CC(C3)CC2C4)nn1-c1ccc(NCCCN(C)CCCNC(=O)COCCOCCN)cc1C(C)C. The summed E-state index contributed by atoms with van der Waals surface area (Å²) in [5, 5.41) is 25.3. The van der Waals surface area contributed by atoms with Crippen LogP contribution in [0.15, 0.2) is 42.5 Å². The highest BCUT2D eigenvalue weighted by Crippen LogP contribution is 2.58. The maximum absolute atomic E-state index is 14.4. The van der Waals surface area contributed by atoms with Crippen LogP contribution in [-0.2, 0) is 19.1 Å². The number of carbonyl (C=O) groups excluding carboxylic acids is 2. The third kappa shape index (κ3) is 10.2. The number of amides is 2. The molecule has 1 aromatic heterocycles. The van der Waals surface area contributed by atoms with E-state index in [1.165, 1.54) is 6.42 Å². The Kier molecular flexibility index (Phi) is 15.5. The number of nitrogens with two attached hydrogens (primary N) is 1. The third-order valence-corrected chi connectivity index (χ3v) is 12.6. The van der Waals surface area contributed by atoms with E-state index in [0.717, 1.165) is 75.1 Å². The van der Waals surface area contributed by atoms with Gasteiger partial charge in [0.25, 0.3) is 5.91 Å². The molecule has 2 aromatic carbocycles. The molecule has 0 saturated heterocycles. The number of nitrogens with one attached hydrogen (secondary N) is 3. The van der Waals surface area contributed by atoms with Crippen LogP contribution < -0.4 is 31.2 Å². The Morgan fingerprint density at radius 3 is 2.18 bits per heavy atom. The van der Waals surface area contributed by atoms with Gasteiger partial charge in [0.05, 0.1) is 51.0 Å². The van der Waals surface area contributed by atoms with Gasteiger partial charge < -0.3 is 50.6 Å². The Hall–Kier alpha value is -4.70. The van der Waals surface area contributed by atoms with E-state index >= 15 is 0 Å². The van der Waals surface area contributed by atoms with Crippen molar-refractivity contribution in [2.75, 3.05) is 85.7 Å². The number of hydrogen-bond acceptors (Lipinski definition) is 11. The highest BCUT2D eigenvalue weighted by molar-refractivity contribution is 5.98. The van der Waals surface area contributed by atoms with E-state index in [-0.39, 0.29) is 36.0 Å². The lowest BCUT2D eigenvalue weighted by Crippen LogP contribution is -2.70. The standard InChI is InChI=1S/C45H65N7O8/c1-29(2)35-26-34(47-14-7-16-51(3)17-8-15-48-41(53)28-60-20-19-59-18-13-46)11-12-37(35)52-38(42-39(57-4)9-6-10-40(42)58-5)27-36(50-52)43(54)49-45(44(55)56)32-22-30-21-31(24-32)25-33(45)23-30/h6,9-12,26-27,29-33,47H,7-8,13-25,28,46H2,1-5H3,(H,48,53)(H,49,54)(H,55,56). The highest BCUT2D eigenvalue weighted by Gasteiger charge is 2.62. The van der Waals surface area contributed by atoms with Crippen molar-refractivity contribution in [1.82, 2.24) is 25.3 Å². The number of nitrogens with zero attached hydrogens (tertiary/aromatic N) is 3. The minimum atomic E-state index is -1.31. The van der Waals surface area contributed by atoms with E-state index in [1.807, 2.05) is 30.3 Å². The van der Waals surface area contributed by atoms with Crippen LogP contribution in [-0.4, -0.2) is 124 Å². The monoisotopic (exact) mass is 831 g/mol. The predicted molar refractivity (Wildman–Crippen MR) is 230 cm³/mol. The van der Waals surface area contributed by atoms with Gasteiger partial charge in [-0.25, -0.2) is 9.48 Å². The Labute approximate surface area is 354 Å². The van der Waals surface area contributed by atoms with Gasteiger partial charge in [-0.2, -0.15) is 5.10 Å². The maximum atomic E-state index is 14.4. The second kappa shape index (κ2) is 20.7. The second-order valence-corrected chi connectivity index (χ2v) is 17.0. The minimum Gasteiger partial charge on any atom is -0.496 e. The molecule has 7 rings (SSSR count). The van der Waals surface area contributed by atoms with Crippen LogP contribution in [0, 0.1) is 23.7 Å². The average Bonchev–Trinajstić information content (AvgIpc) is 3.68. The molecule has 4 aliphatic rings. The van der Waals surface area contributed by atoms with E-state index in [1.54, 1.807) is 25.0 Å². The van der Waals surface area contributed by atoms with Crippen LogP contribution in [0.25, 0.3) is 16.9 Å². The summed E-state index contributed by atoms with van der Waals surface area (Å²) >= 11 is 0. The molecule has 4 saturated carbocycles. The first-order chi connectivity index (χ1) is 29.0. The lowest BCUT2D eigenvalue weighted by Gasteiger charge is -2.59. The van der Waals surface area contributed by atoms with E-state index < -0.39 is 17.4 Å². The molecule has 4 bridgehead atoms. The molecule has 60 heavy (non-hydrogen) atoms. The Bertz CT molecular complexity index is 1880. The van der Waals surface area contributed by atoms with Gasteiger partial charge in [-0.1, -0.05) is 19.9 Å². The molecule has 328 valence electrons. The molecule has 1 heterocycles. The Balaban J connectivity index is 1.13. The fraction of sp³-hybridized carbons (Fsp3) is 0.600. The number of anilines is 1. The first-order valence-corrected chi connectivity index (χ1v) is 21.5. The topological polar surface area (TPSA) is 192 Å². The Morgan fingerprint density at radius 2 is 1.57 bits per heavy atom. The van der Waals surface area contributed by atoms with Crippen molar-refractivity contribution in [3.8, 4) is 28.4 Å². The van der Waals surface area contributed by atoms with Crippen LogP contribution in [0.5, 0.6) is 11.5 Å². The van der Waals surface area contributed by atoms with Crippen LogP contribution in [0.4, 0.5) is 5.69 Å². The van der Waals surface area contributed by atoms with E-state index in [9.17, 15) is 19.5 Å². The number of carboxylic acid groups (broad SMARTS) is 1. The largest absolute Gasteiger partial charge is 0.496 e. The van der Waals surface area contributed by atoms with Gasteiger partial charge in [-0.05, 0) is 137 Å². The number of aliphatic carboxylic acids is 1. The van der Waals surface area contributed by atoms with Crippen LogP contribution in [0.3, 0.4) is 0 Å². The van der Waals surface area contributed by atoms with Crippen molar-refractivity contribution in [1.29, 1.82) is 0 Å². The molecule has 15 heteroatoms. The molecule has 15 nitrogen and oxygen atoms in total. The fourth-order valence-corrected chi connectivity index (χ4v) is 9.85. The summed E-state index contributed by atoms with van der Waals surface area (Å²) in [6.45, 7) is 9.05. The second-order valence-electron chi connectivity index (χ2n) is 17.0. The Morgan fingerprint density at radius 1 is 0.917 bits per heavy atom. The predicted octanol–water partition coefficient (Wildman–Crippen LogP) is 4.92. The van der Waals surface area contributed by atoms with Crippen molar-refractivity contribution >= 4 is 23.5 Å². The molecule has 0 aliphatic heterocycles. The smallest absolute Gasteiger partial charge is 0.330 e. The summed E-state index contributed by atoms with van der Waals surface area (Å²) in [6.07, 6.45) is 6.24. The van der Waals surface area contributed by atoms with Gasteiger partial charge in [-0.3, -0.25) is 9.59 Å². The molecular weight excluding hydrogens is 767 g/mol. The van der Waals surface area contributed by atoms with Gasteiger partial charge in [-0.15, -0.1) is 0 Å². The third-order valence-electron chi connectivity index (χ3n) is 12.6. The zero-order valence-electron chi connectivity index (χ0n) is 36.0. The summed E-state index contributed by atoms with van der Waals surface area (Å²) in [6, 6.07) is 13.4. The molecule has 0 atom stereocenters.